The molecule has 0 aliphatic heterocycles. The van der Waals surface area contributed by atoms with E-state index in [9.17, 15) is 4.79 Å². The lowest BCUT2D eigenvalue weighted by molar-refractivity contribution is -0.118. The number of nitrogens with two attached hydrogens (primary N) is 1. The fourth-order valence-electron chi connectivity index (χ4n) is 2.21. The van der Waals surface area contributed by atoms with Crippen molar-refractivity contribution in [3.8, 4) is 0 Å². The predicted molar refractivity (Wildman–Crippen MR) is 104 cm³/mol. The molecule has 3 N–H and O–H groups in total. The molecule has 1 amide bonds. The van der Waals surface area contributed by atoms with Gasteiger partial charge in [-0.05, 0) is 36.4 Å². The zero-order chi connectivity index (χ0) is 18.5. The van der Waals surface area contributed by atoms with Gasteiger partial charge in [0.25, 0.3) is 0 Å². The van der Waals surface area contributed by atoms with Crippen molar-refractivity contribution in [1.82, 2.24) is 15.4 Å². The van der Waals surface area contributed by atoms with E-state index in [0.29, 0.717) is 10.8 Å². The number of hydrogen-bond donors (Lipinski definition) is 2. The van der Waals surface area contributed by atoms with E-state index < -0.39 is 0 Å². The number of benzene rings is 2. The van der Waals surface area contributed by atoms with E-state index in [4.69, 9.17) is 17.3 Å². The van der Waals surface area contributed by atoms with Crippen molar-refractivity contribution in [3.63, 3.8) is 0 Å². The van der Waals surface area contributed by atoms with Crippen molar-refractivity contribution in [2.24, 2.45) is 0 Å². The summed E-state index contributed by atoms with van der Waals surface area (Å²) in [4.78, 5) is 21.9. The quantitative estimate of drug-likeness (QED) is 0.644. The van der Waals surface area contributed by atoms with Crippen LogP contribution in [0.5, 0.6) is 0 Å². The smallest absolute Gasteiger partial charge is 0.235 e. The van der Waals surface area contributed by atoms with Gasteiger partial charge in [-0.1, -0.05) is 41.6 Å². The molecule has 0 saturated heterocycles. The van der Waals surface area contributed by atoms with Crippen LogP contribution in [0.4, 0.5) is 17.5 Å². The Labute approximate surface area is 160 Å². The molecule has 26 heavy (non-hydrogen) atoms. The summed E-state index contributed by atoms with van der Waals surface area (Å²) in [6.45, 7) is 1.44. The maximum atomic E-state index is 11.7. The summed E-state index contributed by atoms with van der Waals surface area (Å²) in [5, 5.41) is 2.26. The summed E-state index contributed by atoms with van der Waals surface area (Å²) in [7, 11) is 0. The second-order valence-electron chi connectivity index (χ2n) is 5.31. The van der Waals surface area contributed by atoms with E-state index in [0.717, 1.165) is 15.5 Å². The van der Waals surface area contributed by atoms with Crippen molar-refractivity contribution in [1.29, 1.82) is 0 Å². The van der Waals surface area contributed by atoms with Gasteiger partial charge in [-0.2, -0.15) is 4.98 Å². The van der Waals surface area contributed by atoms with Crippen LogP contribution in [0.3, 0.4) is 0 Å². The predicted octanol–water partition coefficient (Wildman–Crippen LogP) is 4.05. The summed E-state index contributed by atoms with van der Waals surface area (Å²) in [5.41, 5.74) is 9.34. The first-order chi connectivity index (χ1) is 12.5. The van der Waals surface area contributed by atoms with Crippen molar-refractivity contribution < 1.29 is 4.79 Å². The Morgan fingerprint density at radius 2 is 1.85 bits per heavy atom. The molecule has 0 fully saturated rings. The van der Waals surface area contributed by atoms with Crippen LogP contribution >= 0.6 is 23.4 Å². The highest BCUT2D eigenvalue weighted by atomic mass is 35.5. The van der Waals surface area contributed by atoms with Crippen molar-refractivity contribution >= 4 is 46.7 Å². The number of nitrogens with one attached hydrogen (secondary N) is 1. The van der Waals surface area contributed by atoms with Crippen LogP contribution in [0.25, 0.3) is 0 Å². The highest BCUT2D eigenvalue weighted by molar-refractivity contribution is 7.99. The highest BCUT2D eigenvalue weighted by Crippen LogP contribution is 2.36. The molecule has 1 aromatic heterocycles. The second kappa shape index (κ2) is 8.07. The van der Waals surface area contributed by atoms with Gasteiger partial charge in [-0.15, -0.1) is 0 Å². The lowest BCUT2D eigenvalue weighted by atomic mass is 10.3. The minimum atomic E-state index is -0.228. The van der Waals surface area contributed by atoms with E-state index in [1.165, 1.54) is 18.7 Å². The van der Waals surface area contributed by atoms with Gasteiger partial charge < -0.3 is 5.73 Å². The number of carbonyl (C=O) groups excluding carboxylic acids is 1. The molecule has 6 nitrogen and oxygen atoms in total. The van der Waals surface area contributed by atoms with Crippen LogP contribution in [0.15, 0.2) is 70.6 Å². The van der Waals surface area contributed by atoms with E-state index in [1.807, 2.05) is 54.6 Å². The number of para-hydroxylation sites is 1. The maximum Gasteiger partial charge on any atom is 0.235 e. The zero-order valence-electron chi connectivity index (χ0n) is 13.9. The fourth-order valence-corrected chi connectivity index (χ4v) is 3.20. The first kappa shape index (κ1) is 18.0. The van der Waals surface area contributed by atoms with Gasteiger partial charge >= 0.3 is 0 Å². The number of nitrogen functional groups attached to an aromatic ring is 1. The van der Waals surface area contributed by atoms with E-state index in [2.05, 4.69) is 15.4 Å². The minimum Gasteiger partial charge on any atom is -0.368 e. The Morgan fingerprint density at radius 3 is 2.50 bits per heavy atom. The summed E-state index contributed by atoms with van der Waals surface area (Å²) in [6.07, 6.45) is 1.63. The standard InChI is InChI=1S/C18H16ClN5OS/c1-12(25)23-24(14-5-3-2-4-6-14)17-16(11-21-18(20)22-17)26-15-9-7-13(19)8-10-15/h2-11H,1H3,(H,23,25)(H2,20,21,22). The van der Waals surface area contributed by atoms with Gasteiger partial charge in [0.2, 0.25) is 11.9 Å². The second-order valence-corrected chi connectivity index (χ2v) is 6.86. The Kier molecular flexibility index (Phi) is 5.60. The van der Waals surface area contributed by atoms with Crippen LogP contribution in [-0.4, -0.2) is 15.9 Å². The molecule has 0 unspecified atom stereocenters. The number of nitrogens with zero attached hydrogens (tertiary/aromatic N) is 3. The number of carbonyl (C=O) groups is 1. The van der Waals surface area contributed by atoms with Gasteiger partial charge in [-0.25, -0.2) is 9.99 Å². The van der Waals surface area contributed by atoms with Gasteiger partial charge in [0, 0.05) is 23.0 Å². The topological polar surface area (TPSA) is 84.1 Å². The van der Waals surface area contributed by atoms with Crippen LogP contribution < -0.4 is 16.2 Å². The molecule has 3 rings (SSSR count). The number of amides is 1. The van der Waals surface area contributed by atoms with Crippen LogP contribution in [-0.2, 0) is 4.79 Å². The third-order valence-electron chi connectivity index (χ3n) is 3.29. The first-order valence-corrected chi connectivity index (χ1v) is 8.91. The molecule has 0 atom stereocenters. The summed E-state index contributed by atoms with van der Waals surface area (Å²) < 4.78 is 0. The molecular formula is C18H16ClN5OS. The van der Waals surface area contributed by atoms with Crippen molar-refractivity contribution in [3.05, 3.63) is 65.8 Å². The highest BCUT2D eigenvalue weighted by Gasteiger charge is 2.18. The molecule has 0 spiro atoms. The van der Waals surface area contributed by atoms with Gasteiger partial charge in [0.15, 0.2) is 5.82 Å². The molecule has 132 valence electrons. The molecule has 0 saturated carbocycles. The number of aromatic nitrogens is 2. The Morgan fingerprint density at radius 1 is 1.15 bits per heavy atom. The number of rotatable bonds is 5. The summed E-state index contributed by atoms with van der Waals surface area (Å²) >= 11 is 7.40. The Hall–Kier alpha value is -2.77. The van der Waals surface area contributed by atoms with Crippen LogP contribution in [0.1, 0.15) is 6.92 Å². The molecule has 8 heteroatoms. The number of hydrazine groups is 1. The van der Waals surface area contributed by atoms with Crippen molar-refractivity contribution in [2.75, 3.05) is 10.7 Å². The SMILES string of the molecule is CC(=O)NN(c1ccccc1)c1nc(N)ncc1Sc1ccc(Cl)cc1. The lowest BCUT2D eigenvalue weighted by Crippen LogP contribution is -2.38. The fraction of sp³-hybridized carbons (Fsp3) is 0.0556. The van der Waals surface area contributed by atoms with E-state index in [-0.39, 0.29) is 11.9 Å². The Bertz CT molecular complexity index is 905. The molecule has 3 aromatic rings. The number of anilines is 3. The minimum absolute atomic E-state index is 0.117. The molecule has 1 heterocycles. The third kappa shape index (κ3) is 4.44. The van der Waals surface area contributed by atoms with Gasteiger partial charge in [0.05, 0.1) is 10.6 Å². The molecule has 0 aliphatic carbocycles. The van der Waals surface area contributed by atoms with Crippen LogP contribution in [0.2, 0.25) is 5.02 Å². The number of hydrogen-bond acceptors (Lipinski definition) is 6. The molecule has 0 bridgehead atoms. The normalized spacial score (nSPS) is 10.4. The molecule has 0 radical (unpaired) electrons. The summed E-state index contributed by atoms with van der Waals surface area (Å²) in [6, 6.07) is 16.8. The zero-order valence-corrected chi connectivity index (χ0v) is 15.5. The largest absolute Gasteiger partial charge is 0.368 e. The monoisotopic (exact) mass is 385 g/mol. The van der Waals surface area contributed by atoms with Crippen LogP contribution in [0, 0.1) is 0 Å². The Balaban J connectivity index is 2.04. The maximum absolute atomic E-state index is 11.7. The van der Waals surface area contributed by atoms with E-state index >= 15 is 0 Å². The van der Waals surface area contributed by atoms with Gasteiger partial charge in [0.1, 0.15) is 0 Å². The average Bonchev–Trinajstić information content (AvgIpc) is 2.64. The van der Waals surface area contributed by atoms with Gasteiger partial charge in [-0.3, -0.25) is 10.2 Å². The number of halogens is 1. The van der Waals surface area contributed by atoms with Crippen molar-refractivity contribution in [2.45, 2.75) is 16.7 Å². The molecular weight excluding hydrogens is 370 g/mol. The van der Waals surface area contributed by atoms with E-state index in [1.54, 1.807) is 11.2 Å². The third-order valence-corrected chi connectivity index (χ3v) is 4.56. The average molecular weight is 386 g/mol. The summed E-state index contributed by atoms with van der Waals surface area (Å²) in [5.74, 6) is 0.374. The lowest BCUT2D eigenvalue weighted by Gasteiger charge is -2.25. The molecule has 0 aliphatic rings. The first-order valence-electron chi connectivity index (χ1n) is 7.71. The molecule has 2 aromatic carbocycles.